The van der Waals surface area contributed by atoms with E-state index >= 15 is 0 Å². The van der Waals surface area contributed by atoms with E-state index in [-0.39, 0.29) is 29.7 Å². The first-order valence-electron chi connectivity index (χ1n) is 11.2. The van der Waals surface area contributed by atoms with Gasteiger partial charge in [-0.25, -0.2) is 9.37 Å². The van der Waals surface area contributed by atoms with Gasteiger partial charge in [0.2, 0.25) is 5.91 Å². The molecule has 2 aliphatic rings. The largest absolute Gasteiger partial charge is 0.392 e. The Balaban J connectivity index is 1.39. The van der Waals surface area contributed by atoms with Crippen LogP contribution in [0, 0.1) is 11.7 Å². The van der Waals surface area contributed by atoms with Gasteiger partial charge in [0.15, 0.2) is 0 Å². The third kappa shape index (κ3) is 4.31. The fourth-order valence-corrected chi connectivity index (χ4v) is 4.59. The van der Waals surface area contributed by atoms with Crippen LogP contribution in [0.15, 0.2) is 60.8 Å². The summed E-state index contributed by atoms with van der Waals surface area (Å²) >= 11 is 0. The third-order valence-electron chi connectivity index (χ3n) is 6.50. The average molecular weight is 435 g/mol. The first kappa shape index (κ1) is 20.8. The number of aromatic nitrogens is 2. The van der Waals surface area contributed by atoms with Gasteiger partial charge in [0.1, 0.15) is 11.6 Å². The molecule has 1 aromatic heterocycles. The molecule has 2 aromatic carbocycles. The number of hydrogen-bond acceptors (Lipinski definition) is 4. The Morgan fingerprint density at radius 3 is 2.62 bits per heavy atom. The second-order valence-electron chi connectivity index (χ2n) is 8.77. The number of benzene rings is 2. The van der Waals surface area contributed by atoms with E-state index in [1.54, 1.807) is 24.4 Å². The Labute approximate surface area is 186 Å². The lowest BCUT2D eigenvalue weighted by Crippen LogP contribution is -2.37. The molecule has 7 heteroatoms. The topological polar surface area (TPSA) is 90.0 Å². The van der Waals surface area contributed by atoms with Gasteiger partial charge in [-0.3, -0.25) is 4.79 Å². The van der Waals surface area contributed by atoms with Crippen LogP contribution in [0.25, 0.3) is 11.4 Å². The van der Waals surface area contributed by atoms with Crippen molar-refractivity contribution >= 4 is 5.91 Å². The number of halogens is 1. The van der Waals surface area contributed by atoms with Gasteiger partial charge in [-0.05, 0) is 25.3 Å². The van der Waals surface area contributed by atoms with Crippen LogP contribution < -0.4 is 10.6 Å². The van der Waals surface area contributed by atoms with Crippen molar-refractivity contribution < 1.29 is 14.3 Å². The molecule has 0 radical (unpaired) electrons. The highest BCUT2D eigenvalue weighted by atomic mass is 19.1. The van der Waals surface area contributed by atoms with E-state index in [0.29, 0.717) is 24.4 Å². The summed E-state index contributed by atoms with van der Waals surface area (Å²) in [4.78, 5) is 20.6. The molecule has 1 amide bonds. The maximum atomic E-state index is 14.1. The number of nitrogens with zero attached hydrogens (tertiary/aromatic N) is 1. The second-order valence-corrected chi connectivity index (χ2v) is 8.77. The van der Waals surface area contributed by atoms with Crippen LogP contribution in [0.4, 0.5) is 4.39 Å². The monoisotopic (exact) mass is 434 g/mol. The van der Waals surface area contributed by atoms with Gasteiger partial charge in [-0.15, -0.1) is 0 Å². The standard InChI is InChI=1S/C25H27FN4O2/c26-19-9-5-4-8-16(19)13-27-20-12-18(25(32)29-17-10-11-17)23(31)22(20)21-14-28-24(30-21)15-6-2-1-3-7-15/h1-9,14,17-18,20,22-23,27,31H,10-13H2,(H,28,30)(H,29,32)/t18-,20+,22+,23+/m0/s1. The smallest absolute Gasteiger partial charge is 0.226 e. The number of rotatable bonds is 7. The Morgan fingerprint density at radius 1 is 1.12 bits per heavy atom. The Bertz CT molecular complexity index is 1080. The molecule has 6 nitrogen and oxygen atoms in total. The molecular weight excluding hydrogens is 407 g/mol. The minimum Gasteiger partial charge on any atom is -0.392 e. The number of aliphatic hydroxyl groups excluding tert-OH is 1. The van der Waals surface area contributed by atoms with Crippen molar-refractivity contribution in [3.8, 4) is 11.4 Å². The highest BCUT2D eigenvalue weighted by Crippen LogP contribution is 2.40. The quantitative estimate of drug-likeness (QED) is 0.460. The molecule has 2 saturated carbocycles. The van der Waals surface area contributed by atoms with E-state index in [9.17, 15) is 14.3 Å². The highest BCUT2D eigenvalue weighted by Gasteiger charge is 2.47. The van der Waals surface area contributed by atoms with Gasteiger partial charge in [0, 0.05) is 47.6 Å². The van der Waals surface area contributed by atoms with Crippen molar-refractivity contribution in [2.75, 3.05) is 0 Å². The van der Waals surface area contributed by atoms with Gasteiger partial charge in [-0.1, -0.05) is 48.5 Å². The van der Waals surface area contributed by atoms with Crippen LogP contribution in [0.5, 0.6) is 0 Å². The van der Waals surface area contributed by atoms with Gasteiger partial charge < -0.3 is 20.7 Å². The normalized spacial score (nSPS) is 25.1. The molecule has 5 rings (SSSR count). The lowest BCUT2D eigenvalue weighted by molar-refractivity contribution is -0.127. The van der Waals surface area contributed by atoms with Crippen molar-refractivity contribution in [2.24, 2.45) is 5.92 Å². The lowest BCUT2D eigenvalue weighted by Gasteiger charge is -2.22. The average Bonchev–Trinajstić information content (AvgIpc) is 3.37. The number of aromatic amines is 1. The third-order valence-corrected chi connectivity index (χ3v) is 6.50. The minimum atomic E-state index is -0.865. The molecule has 32 heavy (non-hydrogen) atoms. The molecule has 0 spiro atoms. The van der Waals surface area contributed by atoms with Crippen molar-refractivity contribution in [3.05, 3.63) is 77.9 Å². The molecule has 0 bridgehead atoms. The second kappa shape index (κ2) is 8.84. The van der Waals surface area contributed by atoms with Crippen LogP contribution >= 0.6 is 0 Å². The molecule has 0 unspecified atom stereocenters. The zero-order valence-corrected chi connectivity index (χ0v) is 17.7. The van der Waals surface area contributed by atoms with Crippen LogP contribution in [-0.2, 0) is 11.3 Å². The Kier molecular flexibility index (Phi) is 5.76. The molecule has 0 saturated heterocycles. The number of amides is 1. The molecule has 4 atom stereocenters. The molecule has 3 aromatic rings. The molecular formula is C25H27FN4O2. The van der Waals surface area contributed by atoms with Gasteiger partial charge in [0.05, 0.1) is 12.0 Å². The fraction of sp³-hybridized carbons (Fsp3) is 0.360. The van der Waals surface area contributed by atoms with Crippen molar-refractivity contribution in [3.63, 3.8) is 0 Å². The summed E-state index contributed by atoms with van der Waals surface area (Å²) in [5, 5.41) is 17.6. The Hall–Kier alpha value is -3.03. The molecule has 2 fully saturated rings. The van der Waals surface area contributed by atoms with Gasteiger partial charge in [0.25, 0.3) is 0 Å². The van der Waals surface area contributed by atoms with Gasteiger partial charge >= 0.3 is 0 Å². The van der Waals surface area contributed by atoms with Crippen LogP contribution in [0.1, 0.15) is 36.4 Å². The summed E-state index contributed by atoms with van der Waals surface area (Å²) in [5.74, 6) is -0.551. The summed E-state index contributed by atoms with van der Waals surface area (Å²) in [6, 6.07) is 16.4. The van der Waals surface area contributed by atoms with Crippen molar-refractivity contribution in [1.29, 1.82) is 0 Å². The number of nitrogens with one attached hydrogen (secondary N) is 3. The molecule has 0 aliphatic heterocycles. The predicted molar refractivity (Wildman–Crippen MR) is 119 cm³/mol. The van der Waals surface area contributed by atoms with E-state index in [0.717, 1.165) is 24.1 Å². The molecule has 1 heterocycles. The van der Waals surface area contributed by atoms with Gasteiger partial charge in [-0.2, -0.15) is 0 Å². The summed E-state index contributed by atoms with van der Waals surface area (Å²) in [6.45, 7) is 0.317. The summed E-state index contributed by atoms with van der Waals surface area (Å²) in [7, 11) is 0. The van der Waals surface area contributed by atoms with Crippen LogP contribution in [0.2, 0.25) is 0 Å². The van der Waals surface area contributed by atoms with E-state index in [1.165, 1.54) is 6.07 Å². The molecule has 4 N–H and O–H groups in total. The van der Waals surface area contributed by atoms with E-state index in [2.05, 4.69) is 20.6 Å². The van der Waals surface area contributed by atoms with Crippen molar-refractivity contribution in [1.82, 2.24) is 20.6 Å². The summed E-state index contributed by atoms with van der Waals surface area (Å²) in [6.07, 6.45) is 3.33. The zero-order chi connectivity index (χ0) is 22.1. The van der Waals surface area contributed by atoms with E-state index < -0.39 is 12.0 Å². The SMILES string of the molecule is O=C(NC1CC1)[C@H]1C[C@@H](NCc2ccccc2F)[C@H](c2cnc(-c3ccccc3)[nH]2)[C@@H]1O. The minimum absolute atomic E-state index is 0.108. The maximum absolute atomic E-state index is 14.1. The maximum Gasteiger partial charge on any atom is 0.226 e. The first-order valence-corrected chi connectivity index (χ1v) is 11.2. The van der Waals surface area contributed by atoms with Crippen molar-refractivity contribution in [2.45, 2.75) is 49.9 Å². The number of carbonyl (C=O) groups excluding carboxylic acids is 1. The predicted octanol–water partition coefficient (Wildman–Crippen LogP) is 3.12. The zero-order valence-electron chi connectivity index (χ0n) is 17.7. The number of aliphatic hydroxyl groups is 1. The van der Waals surface area contributed by atoms with Crippen LogP contribution in [0.3, 0.4) is 0 Å². The lowest BCUT2D eigenvalue weighted by atomic mass is 9.96. The number of hydrogen-bond donors (Lipinski definition) is 4. The summed E-state index contributed by atoms with van der Waals surface area (Å²) in [5.41, 5.74) is 2.27. The molecule has 166 valence electrons. The Morgan fingerprint density at radius 2 is 1.88 bits per heavy atom. The number of H-pyrrole nitrogens is 1. The van der Waals surface area contributed by atoms with E-state index in [4.69, 9.17) is 0 Å². The number of carbonyl (C=O) groups is 1. The fourth-order valence-electron chi connectivity index (χ4n) is 4.59. The first-order chi connectivity index (χ1) is 15.6. The summed E-state index contributed by atoms with van der Waals surface area (Å²) < 4.78 is 14.1. The van der Waals surface area contributed by atoms with Crippen LogP contribution in [-0.4, -0.2) is 39.2 Å². The van der Waals surface area contributed by atoms with E-state index in [1.807, 2.05) is 30.3 Å². The highest BCUT2D eigenvalue weighted by molar-refractivity contribution is 5.80. The molecule has 2 aliphatic carbocycles. The number of imidazole rings is 1.